The van der Waals surface area contributed by atoms with Crippen molar-refractivity contribution in [1.29, 1.82) is 5.41 Å². The molecule has 0 saturated heterocycles. The fourth-order valence-electron chi connectivity index (χ4n) is 3.10. The number of carboxylic acids is 1. The van der Waals surface area contributed by atoms with Crippen LogP contribution < -0.4 is 22.1 Å². The van der Waals surface area contributed by atoms with E-state index >= 15 is 0 Å². The molecule has 0 saturated carbocycles. The molecule has 11 heteroatoms. The summed E-state index contributed by atoms with van der Waals surface area (Å²) < 4.78 is 0. The van der Waals surface area contributed by atoms with Gasteiger partial charge < -0.3 is 37.2 Å². The van der Waals surface area contributed by atoms with E-state index in [1.807, 2.05) is 6.08 Å². The third-order valence-electron chi connectivity index (χ3n) is 4.81. The van der Waals surface area contributed by atoms with E-state index in [-0.39, 0.29) is 30.6 Å². The van der Waals surface area contributed by atoms with Crippen molar-refractivity contribution in [2.45, 2.75) is 31.3 Å². The third kappa shape index (κ3) is 7.30. The number of hydrogen-bond donors (Lipinski definition) is 7. The maximum atomic E-state index is 12.1. The van der Waals surface area contributed by atoms with E-state index in [1.54, 1.807) is 4.90 Å². The van der Waals surface area contributed by atoms with Crippen LogP contribution in [-0.4, -0.2) is 64.5 Å². The number of guanidine groups is 1. The number of nitrogens with one attached hydrogen (secondary N) is 3. The predicted molar refractivity (Wildman–Crippen MR) is 113 cm³/mol. The zero-order chi connectivity index (χ0) is 23.0. The van der Waals surface area contributed by atoms with Gasteiger partial charge in [0.25, 0.3) is 0 Å². The van der Waals surface area contributed by atoms with Gasteiger partial charge in [0.1, 0.15) is 5.75 Å². The summed E-state index contributed by atoms with van der Waals surface area (Å²) in [7, 11) is 0. The van der Waals surface area contributed by atoms with E-state index < -0.39 is 24.0 Å². The van der Waals surface area contributed by atoms with E-state index in [1.165, 1.54) is 24.3 Å². The summed E-state index contributed by atoms with van der Waals surface area (Å²) in [5.41, 5.74) is 12.6. The maximum absolute atomic E-state index is 12.1. The number of hydrogen-bond acceptors (Lipinski definition) is 6. The zero-order valence-corrected chi connectivity index (χ0v) is 17.0. The fraction of sp³-hybridized carbons (Fsp3) is 0.400. The highest BCUT2D eigenvalue weighted by Gasteiger charge is 2.23. The average Bonchev–Trinajstić information content (AvgIpc) is 3.18. The Kier molecular flexibility index (Phi) is 8.38. The smallest absolute Gasteiger partial charge is 0.330 e. The minimum atomic E-state index is -1.23. The predicted octanol–water partition coefficient (Wildman–Crippen LogP) is -0.617. The van der Waals surface area contributed by atoms with Crippen molar-refractivity contribution in [1.82, 2.24) is 15.5 Å². The minimum absolute atomic E-state index is 0.00596. The number of aliphatic carboxylic acids is 1. The molecule has 31 heavy (non-hydrogen) atoms. The number of nitrogens with two attached hydrogens (primary N) is 2. The number of carbonyl (C=O) groups is 3. The second-order valence-corrected chi connectivity index (χ2v) is 7.26. The molecular weight excluding hydrogens is 404 g/mol. The molecule has 168 valence electrons. The number of carboxylic acid groups (broad SMARTS) is 1. The van der Waals surface area contributed by atoms with Crippen molar-refractivity contribution >= 4 is 23.7 Å². The second kappa shape index (κ2) is 11.0. The molecule has 1 heterocycles. The summed E-state index contributed by atoms with van der Waals surface area (Å²) >= 11 is 0. The summed E-state index contributed by atoms with van der Waals surface area (Å²) in [5, 5.41) is 31.1. The van der Waals surface area contributed by atoms with Gasteiger partial charge in [-0.1, -0.05) is 23.8 Å². The lowest BCUT2D eigenvalue weighted by atomic mass is 10.1. The van der Waals surface area contributed by atoms with E-state index in [0.717, 1.165) is 5.57 Å². The molecule has 0 bridgehead atoms. The van der Waals surface area contributed by atoms with Gasteiger partial charge in [-0.2, -0.15) is 0 Å². The van der Waals surface area contributed by atoms with E-state index in [4.69, 9.17) is 16.9 Å². The van der Waals surface area contributed by atoms with Gasteiger partial charge in [0.15, 0.2) is 12.0 Å². The van der Waals surface area contributed by atoms with Gasteiger partial charge in [-0.25, -0.2) is 4.79 Å². The Morgan fingerprint density at radius 2 is 1.90 bits per heavy atom. The van der Waals surface area contributed by atoms with Crippen LogP contribution >= 0.6 is 0 Å². The molecule has 1 aromatic carbocycles. The summed E-state index contributed by atoms with van der Waals surface area (Å²) in [6, 6.07) is 3.55. The number of rotatable bonds is 10. The van der Waals surface area contributed by atoms with Crippen molar-refractivity contribution in [3.8, 4) is 5.75 Å². The monoisotopic (exact) mass is 432 g/mol. The molecule has 2 rings (SSSR count). The quantitative estimate of drug-likeness (QED) is 0.110. The number of phenols is 1. The van der Waals surface area contributed by atoms with Crippen LogP contribution in [0.15, 0.2) is 35.9 Å². The number of aromatic hydroxyl groups is 1. The van der Waals surface area contributed by atoms with Gasteiger partial charge in [0.2, 0.25) is 11.8 Å². The van der Waals surface area contributed by atoms with Crippen LogP contribution in [0.5, 0.6) is 5.75 Å². The van der Waals surface area contributed by atoms with Gasteiger partial charge in [-0.3, -0.25) is 15.0 Å². The highest BCUT2D eigenvalue weighted by molar-refractivity contribution is 5.85. The van der Waals surface area contributed by atoms with E-state index in [9.17, 15) is 24.6 Å². The fourth-order valence-corrected chi connectivity index (χ4v) is 3.10. The van der Waals surface area contributed by atoms with Crippen LogP contribution in [0.1, 0.15) is 30.9 Å². The minimum Gasteiger partial charge on any atom is -0.508 e. The van der Waals surface area contributed by atoms with Crippen LogP contribution in [0.2, 0.25) is 0 Å². The van der Waals surface area contributed by atoms with Gasteiger partial charge in [-0.15, -0.1) is 0 Å². The Morgan fingerprint density at radius 1 is 1.23 bits per heavy atom. The molecule has 11 nitrogen and oxygen atoms in total. The van der Waals surface area contributed by atoms with Crippen LogP contribution in [0.3, 0.4) is 0 Å². The molecule has 2 amide bonds. The van der Waals surface area contributed by atoms with Gasteiger partial charge in [-0.05, 0) is 30.5 Å². The third-order valence-corrected chi connectivity index (χ3v) is 4.81. The highest BCUT2D eigenvalue weighted by atomic mass is 16.4. The van der Waals surface area contributed by atoms with Gasteiger partial charge in [0.05, 0.1) is 6.04 Å². The average molecular weight is 432 g/mol. The molecule has 1 aliphatic heterocycles. The largest absolute Gasteiger partial charge is 0.508 e. The van der Waals surface area contributed by atoms with Crippen molar-refractivity contribution in [2.24, 2.45) is 11.5 Å². The normalized spacial score (nSPS) is 15.0. The van der Waals surface area contributed by atoms with Crippen molar-refractivity contribution in [3.05, 3.63) is 41.5 Å². The standard InChI is InChI=1S/C20H28N6O5/c21-15(10-12-7-9-26(11-12)20(22)23)18(29)24-8-1-2-16(28)25-17(19(30)31)13-3-5-14(27)6-4-13/h3-7,15,17,27H,1-2,8-11,21H2,(H3,22,23)(H,24,29)(H,25,28)(H,30,31). The Balaban J connectivity index is 1.70. The van der Waals surface area contributed by atoms with Crippen LogP contribution in [0.4, 0.5) is 0 Å². The molecule has 1 aromatic rings. The summed E-state index contributed by atoms with van der Waals surface area (Å²) in [6.45, 7) is 1.22. The molecule has 0 spiro atoms. The summed E-state index contributed by atoms with van der Waals surface area (Å²) in [4.78, 5) is 37.3. The van der Waals surface area contributed by atoms with Crippen LogP contribution in [-0.2, 0) is 14.4 Å². The number of nitrogens with zero attached hydrogens (tertiary/aromatic N) is 1. The maximum Gasteiger partial charge on any atom is 0.330 e. The second-order valence-electron chi connectivity index (χ2n) is 7.26. The first-order valence-electron chi connectivity index (χ1n) is 9.78. The first kappa shape index (κ1) is 23.7. The van der Waals surface area contributed by atoms with Crippen LogP contribution in [0, 0.1) is 5.41 Å². The van der Waals surface area contributed by atoms with Crippen molar-refractivity contribution in [3.63, 3.8) is 0 Å². The first-order chi connectivity index (χ1) is 14.7. The molecule has 2 unspecified atom stereocenters. The molecule has 0 aromatic heterocycles. The van der Waals surface area contributed by atoms with Crippen LogP contribution in [0.25, 0.3) is 0 Å². The topological polar surface area (TPSA) is 195 Å². The Bertz CT molecular complexity index is 854. The molecule has 1 aliphatic rings. The Labute approximate surface area is 179 Å². The first-order valence-corrected chi connectivity index (χ1v) is 9.78. The molecule has 0 aliphatic carbocycles. The molecular formula is C20H28N6O5. The Morgan fingerprint density at radius 3 is 2.48 bits per heavy atom. The lowest BCUT2D eigenvalue weighted by molar-refractivity contribution is -0.142. The number of amides is 2. The van der Waals surface area contributed by atoms with Crippen molar-refractivity contribution in [2.75, 3.05) is 19.6 Å². The van der Waals surface area contributed by atoms with Gasteiger partial charge >= 0.3 is 5.97 Å². The number of benzene rings is 1. The van der Waals surface area contributed by atoms with Crippen molar-refractivity contribution < 1.29 is 24.6 Å². The summed E-state index contributed by atoms with van der Waals surface area (Å²) in [5.74, 6) is -2.08. The summed E-state index contributed by atoms with van der Waals surface area (Å²) in [6.07, 6.45) is 2.58. The van der Waals surface area contributed by atoms with E-state index in [0.29, 0.717) is 31.5 Å². The number of carbonyl (C=O) groups excluding carboxylic acids is 2. The highest BCUT2D eigenvalue weighted by Crippen LogP contribution is 2.17. The number of phenolic OH excluding ortho intramolecular Hbond substituents is 1. The molecule has 0 fully saturated rings. The molecule has 0 radical (unpaired) electrons. The zero-order valence-electron chi connectivity index (χ0n) is 17.0. The molecule has 9 N–H and O–H groups in total. The molecule has 2 atom stereocenters. The lowest BCUT2D eigenvalue weighted by Crippen LogP contribution is -2.42. The van der Waals surface area contributed by atoms with Gasteiger partial charge in [0, 0.05) is 26.1 Å². The lowest BCUT2D eigenvalue weighted by Gasteiger charge is -2.17. The van der Waals surface area contributed by atoms with E-state index in [2.05, 4.69) is 10.6 Å². The SMILES string of the molecule is N=C(N)N1CC=C(CC(N)C(=O)NCCCC(=O)NC(C(=O)O)c2ccc(O)cc2)C1. The Hall–Kier alpha value is -3.60.